The number of thiophene rings is 1. The van der Waals surface area contributed by atoms with Gasteiger partial charge in [0.2, 0.25) is 0 Å². The van der Waals surface area contributed by atoms with Gasteiger partial charge in [0, 0.05) is 19.1 Å². The maximum atomic E-state index is 12.5. The van der Waals surface area contributed by atoms with E-state index in [2.05, 4.69) is 27.1 Å². The molecule has 23 heavy (non-hydrogen) atoms. The third-order valence-electron chi connectivity index (χ3n) is 4.56. The molecule has 5 nitrogen and oxygen atoms in total. The number of fused-ring (bicyclic) bond motifs is 1. The molecule has 1 saturated heterocycles. The average Bonchev–Trinajstić information content (AvgIpc) is 2.93. The van der Waals surface area contributed by atoms with Crippen LogP contribution in [0.1, 0.15) is 54.8 Å². The van der Waals surface area contributed by atoms with Gasteiger partial charge in [-0.15, -0.1) is 11.3 Å². The first kappa shape index (κ1) is 16.2. The lowest BCUT2D eigenvalue weighted by Gasteiger charge is -2.28. The molecule has 1 amide bonds. The molecule has 1 fully saturated rings. The average molecular weight is 332 g/mol. The Labute approximate surface area is 141 Å². The molecule has 3 rings (SSSR count). The standard InChI is InChI=1S/C17H24N4OS/c1-4-11(2)20-16(22)14-12(3)13-15(18-10-19-17(13)23-14)21-8-6-5-7-9-21/h10-11H,4-9H2,1-3H3,(H,20,22). The Kier molecular flexibility index (Phi) is 4.80. The van der Waals surface area contributed by atoms with Crippen LogP contribution in [0.3, 0.4) is 0 Å². The van der Waals surface area contributed by atoms with Crippen LogP contribution in [0.4, 0.5) is 5.82 Å². The highest BCUT2D eigenvalue weighted by atomic mass is 32.1. The van der Waals surface area contributed by atoms with Crippen molar-refractivity contribution in [3.8, 4) is 0 Å². The molecular weight excluding hydrogens is 308 g/mol. The molecule has 0 radical (unpaired) electrons. The number of piperidine rings is 1. The predicted octanol–water partition coefficient (Wildman–Crippen LogP) is 3.52. The van der Waals surface area contributed by atoms with E-state index in [1.165, 1.54) is 30.6 Å². The van der Waals surface area contributed by atoms with Crippen molar-refractivity contribution in [2.45, 2.75) is 52.5 Å². The summed E-state index contributed by atoms with van der Waals surface area (Å²) in [6.45, 7) is 8.19. The molecule has 2 aromatic rings. The highest BCUT2D eigenvalue weighted by molar-refractivity contribution is 7.20. The number of aryl methyl sites for hydroxylation is 1. The zero-order valence-electron chi connectivity index (χ0n) is 14.1. The minimum absolute atomic E-state index is 0.00411. The summed E-state index contributed by atoms with van der Waals surface area (Å²) < 4.78 is 0. The first-order valence-electron chi connectivity index (χ1n) is 8.41. The maximum Gasteiger partial charge on any atom is 0.261 e. The Morgan fingerprint density at radius 1 is 1.35 bits per heavy atom. The Morgan fingerprint density at radius 3 is 2.78 bits per heavy atom. The predicted molar refractivity (Wildman–Crippen MR) is 95.4 cm³/mol. The molecule has 1 N–H and O–H groups in total. The van der Waals surface area contributed by atoms with Crippen molar-refractivity contribution in [1.82, 2.24) is 15.3 Å². The Morgan fingerprint density at radius 2 is 2.09 bits per heavy atom. The van der Waals surface area contributed by atoms with Crippen LogP contribution in [0.5, 0.6) is 0 Å². The zero-order chi connectivity index (χ0) is 16.4. The number of carbonyl (C=O) groups is 1. The Hall–Kier alpha value is -1.69. The molecule has 0 saturated carbocycles. The Balaban J connectivity index is 1.99. The number of amides is 1. The number of hydrogen-bond donors (Lipinski definition) is 1. The summed E-state index contributed by atoms with van der Waals surface area (Å²) >= 11 is 1.47. The lowest BCUT2D eigenvalue weighted by atomic mass is 10.1. The lowest BCUT2D eigenvalue weighted by molar-refractivity contribution is 0.0943. The van der Waals surface area contributed by atoms with E-state index in [0.29, 0.717) is 0 Å². The lowest BCUT2D eigenvalue weighted by Crippen LogP contribution is -2.31. The minimum Gasteiger partial charge on any atom is -0.356 e. The van der Waals surface area contributed by atoms with Crippen molar-refractivity contribution >= 4 is 33.3 Å². The van der Waals surface area contributed by atoms with E-state index in [1.54, 1.807) is 6.33 Å². The number of aromatic nitrogens is 2. The van der Waals surface area contributed by atoms with Crippen LogP contribution in [0, 0.1) is 6.92 Å². The molecule has 2 aromatic heterocycles. The van der Waals surface area contributed by atoms with Crippen molar-refractivity contribution in [1.29, 1.82) is 0 Å². The molecule has 6 heteroatoms. The van der Waals surface area contributed by atoms with Crippen molar-refractivity contribution in [2.75, 3.05) is 18.0 Å². The van der Waals surface area contributed by atoms with Crippen LogP contribution in [0.15, 0.2) is 6.33 Å². The second-order valence-corrected chi connectivity index (χ2v) is 7.26. The summed E-state index contributed by atoms with van der Waals surface area (Å²) in [5.41, 5.74) is 1.01. The quantitative estimate of drug-likeness (QED) is 0.931. The van der Waals surface area contributed by atoms with Crippen LogP contribution < -0.4 is 10.2 Å². The molecule has 0 aliphatic carbocycles. The van der Waals surface area contributed by atoms with Crippen LogP contribution in [-0.4, -0.2) is 35.0 Å². The fraction of sp³-hybridized carbons (Fsp3) is 0.588. The molecule has 1 aliphatic heterocycles. The number of carbonyl (C=O) groups excluding carboxylic acids is 1. The summed E-state index contributed by atoms with van der Waals surface area (Å²) in [7, 11) is 0. The zero-order valence-corrected chi connectivity index (χ0v) is 14.9. The third kappa shape index (κ3) is 3.17. The molecule has 3 heterocycles. The van der Waals surface area contributed by atoms with E-state index in [4.69, 9.17) is 0 Å². The van der Waals surface area contributed by atoms with Crippen LogP contribution in [0.2, 0.25) is 0 Å². The van der Waals surface area contributed by atoms with E-state index in [1.807, 2.05) is 13.8 Å². The highest BCUT2D eigenvalue weighted by Gasteiger charge is 2.23. The van der Waals surface area contributed by atoms with Crippen molar-refractivity contribution in [3.63, 3.8) is 0 Å². The van der Waals surface area contributed by atoms with Crippen LogP contribution in [0.25, 0.3) is 10.2 Å². The van der Waals surface area contributed by atoms with Gasteiger partial charge in [-0.3, -0.25) is 4.79 Å². The minimum atomic E-state index is 0.00411. The summed E-state index contributed by atoms with van der Waals surface area (Å²) in [6, 6.07) is 0.180. The monoisotopic (exact) mass is 332 g/mol. The number of nitrogens with one attached hydrogen (secondary N) is 1. The van der Waals surface area contributed by atoms with Gasteiger partial charge < -0.3 is 10.2 Å². The second kappa shape index (κ2) is 6.83. The van der Waals surface area contributed by atoms with Gasteiger partial charge in [-0.05, 0) is 45.1 Å². The van der Waals surface area contributed by atoms with Crippen LogP contribution in [-0.2, 0) is 0 Å². The topological polar surface area (TPSA) is 58.1 Å². The summed E-state index contributed by atoms with van der Waals surface area (Å²) in [4.78, 5) is 25.5. The van der Waals surface area contributed by atoms with Crippen LogP contribution >= 0.6 is 11.3 Å². The van der Waals surface area contributed by atoms with Gasteiger partial charge in [0.25, 0.3) is 5.91 Å². The van der Waals surface area contributed by atoms with Gasteiger partial charge >= 0.3 is 0 Å². The van der Waals surface area contributed by atoms with Gasteiger partial charge in [0.05, 0.1) is 10.3 Å². The van der Waals surface area contributed by atoms with Gasteiger partial charge in [-0.2, -0.15) is 0 Å². The van der Waals surface area contributed by atoms with Crippen molar-refractivity contribution in [3.05, 3.63) is 16.8 Å². The number of rotatable bonds is 4. The van der Waals surface area contributed by atoms with Crippen molar-refractivity contribution in [2.24, 2.45) is 0 Å². The number of anilines is 1. The first-order valence-corrected chi connectivity index (χ1v) is 9.23. The first-order chi connectivity index (χ1) is 11.1. The molecule has 124 valence electrons. The number of hydrogen-bond acceptors (Lipinski definition) is 5. The fourth-order valence-corrected chi connectivity index (χ4v) is 4.05. The number of nitrogens with zero attached hydrogens (tertiary/aromatic N) is 3. The van der Waals surface area contributed by atoms with E-state index in [9.17, 15) is 4.79 Å². The molecule has 0 bridgehead atoms. The molecule has 0 aromatic carbocycles. The molecule has 1 aliphatic rings. The maximum absolute atomic E-state index is 12.5. The van der Waals surface area contributed by atoms with E-state index < -0.39 is 0 Å². The fourth-order valence-electron chi connectivity index (χ4n) is 3.01. The summed E-state index contributed by atoms with van der Waals surface area (Å²) in [6.07, 6.45) is 6.25. The normalized spacial score (nSPS) is 16.6. The smallest absolute Gasteiger partial charge is 0.261 e. The van der Waals surface area contributed by atoms with Gasteiger partial charge in [0.1, 0.15) is 17.0 Å². The SMILES string of the molecule is CCC(C)NC(=O)c1sc2ncnc(N3CCCCC3)c2c1C. The molecule has 0 spiro atoms. The molecule has 1 atom stereocenters. The van der Waals surface area contributed by atoms with Gasteiger partial charge in [0.15, 0.2) is 0 Å². The molecule has 1 unspecified atom stereocenters. The summed E-state index contributed by atoms with van der Waals surface area (Å²) in [5, 5.41) is 4.11. The van der Waals surface area contributed by atoms with E-state index in [-0.39, 0.29) is 11.9 Å². The van der Waals surface area contributed by atoms with Gasteiger partial charge in [-0.25, -0.2) is 9.97 Å². The van der Waals surface area contributed by atoms with E-state index in [0.717, 1.165) is 46.0 Å². The van der Waals surface area contributed by atoms with Crippen molar-refractivity contribution < 1.29 is 4.79 Å². The molecular formula is C17H24N4OS. The second-order valence-electron chi connectivity index (χ2n) is 6.26. The summed E-state index contributed by atoms with van der Waals surface area (Å²) in [5.74, 6) is 0.996. The Bertz CT molecular complexity index is 706. The third-order valence-corrected chi connectivity index (χ3v) is 5.76. The van der Waals surface area contributed by atoms with E-state index >= 15 is 0 Å². The van der Waals surface area contributed by atoms with Gasteiger partial charge in [-0.1, -0.05) is 6.92 Å². The highest BCUT2D eigenvalue weighted by Crippen LogP contribution is 2.35. The largest absolute Gasteiger partial charge is 0.356 e.